The highest BCUT2D eigenvalue weighted by molar-refractivity contribution is 6.31. The maximum Gasteiger partial charge on any atom is 0.191 e. The van der Waals surface area contributed by atoms with Crippen molar-refractivity contribution in [1.29, 1.82) is 0 Å². The number of benzene rings is 2. The van der Waals surface area contributed by atoms with Crippen molar-refractivity contribution in [1.82, 2.24) is 20.4 Å². The molecule has 0 bridgehead atoms. The van der Waals surface area contributed by atoms with Gasteiger partial charge in [0.25, 0.3) is 0 Å². The Balaban J connectivity index is 1.48. The van der Waals surface area contributed by atoms with Crippen molar-refractivity contribution in [3.8, 4) is 0 Å². The van der Waals surface area contributed by atoms with Crippen LogP contribution in [0.3, 0.4) is 0 Å². The lowest BCUT2D eigenvalue weighted by molar-refractivity contribution is 0.685. The van der Waals surface area contributed by atoms with Crippen molar-refractivity contribution in [2.45, 2.75) is 19.5 Å². The zero-order valence-corrected chi connectivity index (χ0v) is 16.2. The molecule has 0 saturated carbocycles. The van der Waals surface area contributed by atoms with E-state index in [1.165, 1.54) is 11.1 Å². The maximum absolute atomic E-state index is 6.20. The minimum absolute atomic E-state index is 0.707. The van der Waals surface area contributed by atoms with E-state index in [1.54, 1.807) is 13.2 Å². The largest absolute Gasteiger partial charge is 0.356 e. The molecule has 0 unspecified atom stereocenters. The first-order valence-corrected chi connectivity index (χ1v) is 9.35. The average Bonchev–Trinajstić information content (AvgIpc) is 3.19. The van der Waals surface area contributed by atoms with Gasteiger partial charge in [-0.05, 0) is 35.2 Å². The summed E-state index contributed by atoms with van der Waals surface area (Å²) in [5.41, 5.74) is 3.56. The summed E-state index contributed by atoms with van der Waals surface area (Å²) in [7, 11) is 1.78. The van der Waals surface area contributed by atoms with Gasteiger partial charge in [-0.2, -0.15) is 5.10 Å². The molecule has 3 rings (SSSR count). The molecule has 0 amide bonds. The molecule has 0 aliphatic rings. The van der Waals surface area contributed by atoms with E-state index in [-0.39, 0.29) is 0 Å². The van der Waals surface area contributed by atoms with Gasteiger partial charge < -0.3 is 10.6 Å². The Kier molecular flexibility index (Phi) is 6.88. The monoisotopic (exact) mass is 381 g/mol. The highest BCUT2D eigenvalue weighted by Crippen LogP contribution is 2.14. The number of nitrogens with one attached hydrogen (secondary N) is 2. The van der Waals surface area contributed by atoms with Crippen LogP contribution in [0.5, 0.6) is 0 Å². The molecular formula is C21H24ClN5. The molecule has 140 valence electrons. The van der Waals surface area contributed by atoms with E-state index in [0.717, 1.165) is 36.1 Å². The molecule has 0 aliphatic carbocycles. The number of nitrogens with zero attached hydrogens (tertiary/aromatic N) is 3. The second-order valence-electron chi connectivity index (χ2n) is 6.22. The fraction of sp³-hybridized carbons (Fsp3) is 0.238. The molecule has 5 nitrogen and oxygen atoms in total. The first kappa shape index (κ1) is 19.0. The lowest BCUT2D eigenvalue weighted by Gasteiger charge is -2.13. The lowest BCUT2D eigenvalue weighted by Crippen LogP contribution is -2.37. The second kappa shape index (κ2) is 9.78. The fourth-order valence-electron chi connectivity index (χ4n) is 2.84. The van der Waals surface area contributed by atoms with Crippen molar-refractivity contribution in [3.63, 3.8) is 0 Å². The van der Waals surface area contributed by atoms with Gasteiger partial charge in [-0.3, -0.25) is 9.67 Å². The molecule has 0 aliphatic heterocycles. The highest BCUT2D eigenvalue weighted by atomic mass is 35.5. The third-order valence-corrected chi connectivity index (χ3v) is 4.59. The van der Waals surface area contributed by atoms with E-state index in [1.807, 2.05) is 41.2 Å². The van der Waals surface area contributed by atoms with Crippen molar-refractivity contribution < 1.29 is 0 Å². The summed E-state index contributed by atoms with van der Waals surface area (Å²) >= 11 is 6.20. The molecule has 27 heavy (non-hydrogen) atoms. The van der Waals surface area contributed by atoms with Gasteiger partial charge in [-0.15, -0.1) is 0 Å². The minimum atomic E-state index is 0.707. The highest BCUT2D eigenvalue weighted by Gasteiger charge is 2.02. The summed E-state index contributed by atoms with van der Waals surface area (Å²) < 4.78 is 1.92. The smallest absolute Gasteiger partial charge is 0.191 e. The van der Waals surface area contributed by atoms with Crippen LogP contribution in [0.1, 0.15) is 16.7 Å². The molecule has 6 heteroatoms. The number of guanidine groups is 1. The minimum Gasteiger partial charge on any atom is -0.356 e. The molecule has 1 aromatic heterocycles. The summed E-state index contributed by atoms with van der Waals surface area (Å²) in [5, 5.41) is 11.7. The predicted molar refractivity (Wildman–Crippen MR) is 111 cm³/mol. The number of halogens is 1. The summed E-state index contributed by atoms with van der Waals surface area (Å²) in [4.78, 5) is 4.29. The molecule has 3 aromatic rings. The zero-order valence-electron chi connectivity index (χ0n) is 15.4. The van der Waals surface area contributed by atoms with E-state index in [2.05, 4.69) is 45.0 Å². The topological polar surface area (TPSA) is 54.2 Å². The Morgan fingerprint density at radius 2 is 1.93 bits per heavy atom. The number of aliphatic imine (C=N–C) groups is 1. The molecular weight excluding hydrogens is 358 g/mol. The molecule has 0 atom stereocenters. The van der Waals surface area contributed by atoms with Gasteiger partial charge in [-0.25, -0.2) is 0 Å². The second-order valence-corrected chi connectivity index (χ2v) is 6.62. The Labute approximate surface area is 165 Å². The first-order chi connectivity index (χ1) is 13.2. The molecule has 0 saturated heterocycles. The van der Waals surface area contributed by atoms with Crippen molar-refractivity contribution in [2.75, 3.05) is 13.6 Å². The van der Waals surface area contributed by atoms with E-state index in [9.17, 15) is 0 Å². The van der Waals surface area contributed by atoms with Crippen LogP contribution in [-0.2, 0) is 19.5 Å². The summed E-state index contributed by atoms with van der Waals surface area (Å²) in [5.74, 6) is 0.777. The van der Waals surface area contributed by atoms with Crippen LogP contribution in [0.15, 0.2) is 72.0 Å². The summed E-state index contributed by atoms with van der Waals surface area (Å²) in [6.45, 7) is 2.24. The number of aromatic nitrogens is 2. The molecule has 1 heterocycles. The Hall–Kier alpha value is -2.79. The van der Waals surface area contributed by atoms with E-state index in [4.69, 9.17) is 11.6 Å². The van der Waals surface area contributed by atoms with Crippen LogP contribution in [0.25, 0.3) is 0 Å². The Bertz CT molecular complexity index is 874. The van der Waals surface area contributed by atoms with Crippen molar-refractivity contribution >= 4 is 17.6 Å². The number of hydrogen-bond donors (Lipinski definition) is 2. The third-order valence-electron chi connectivity index (χ3n) is 4.22. The van der Waals surface area contributed by atoms with Crippen LogP contribution in [0.2, 0.25) is 5.02 Å². The number of rotatable bonds is 7. The van der Waals surface area contributed by atoms with Crippen LogP contribution < -0.4 is 10.6 Å². The standard InChI is InChI=1S/C21H24ClN5/c1-23-21(24-12-10-19-8-2-3-9-20(19)22)25-15-17-6-4-7-18(14-17)16-27-13-5-11-26-27/h2-9,11,13-14H,10,12,15-16H2,1H3,(H2,23,24,25). The van der Waals surface area contributed by atoms with Gasteiger partial charge in [-0.1, -0.05) is 54.1 Å². The molecule has 2 N–H and O–H groups in total. The first-order valence-electron chi connectivity index (χ1n) is 8.98. The summed E-state index contributed by atoms with van der Waals surface area (Å²) in [6, 6.07) is 18.3. The quantitative estimate of drug-likeness (QED) is 0.486. The van der Waals surface area contributed by atoms with Gasteiger partial charge in [0.15, 0.2) is 5.96 Å². The Morgan fingerprint density at radius 3 is 2.70 bits per heavy atom. The van der Waals surface area contributed by atoms with Gasteiger partial charge in [0.2, 0.25) is 0 Å². The maximum atomic E-state index is 6.20. The van der Waals surface area contributed by atoms with Gasteiger partial charge in [0, 0.05) is 37.6 Å². The molecule has 0 spiro atoms. The predicted octanol–water partition coefficient (Wildman–Crippen LogP) is 3.49. The van der Waals surface area contributed by atoms with Crippen LogP contribution in [0.4, 0.5) is 0 Å². The number of hydrogen-bond acceptors (Lipinski definition) is 2. The van der Waals surface area contributed by atoms with E-state index in [0.29, 0.717) is 6.54 Å². The van der Waals surface area contributed by atoms with Crippen molar-refractivity contribution in [2.24, 2.45) is 4.99 Å². The average molecular weight is 382 g/mol. The third kappa shape index (κ3) is 5.86. The molecule has 0 radical (unpaired) electrons. The van der Waals surface area contributed by atoms with Gasteiger partial charge >= 0.3 is 0 Å². The van der Waals surface area contributed by atoms with E-state index < -0.39 is 0 Å². The van der Waals surface area contributed by atoms with Crippen LogP contribution >= 0.6 is 11.6 Å². The zero-order chi connectivity index (χ0) is 18.9. The van der Waals surface area contributed by atoms with Crippen LogP contribution in [-0.4, -0.2) is 29.3 Å². The SMILES string of the molecule is CN=C(NCCc1ccccc1Cl)NCc1cccc(Cn2cccn2)c1. The molecule has 0 fully saturated rings. The normalized spacial score (nSPS) is 11.4. The van der Waals surface area contributed by atoms with Gasteiger partial charge in [0.05, 0.1) is 6.54 Å². The fourth-order valence-corrected chi connectivity index (χ4v) is 3.07. The van der Waals surface area contributed by atoms with Crippen molar-refractivity contribution in [3.05, 3.63) is 88.7 Å². The van der Waals surface area contributed by atoms with E-state index >= 15 is 0 Å². The lowest BCUT2D eigenvalue weighted by atomic mass is 10.1. The van der Waals surface area contributed by atoms with Crippen LogP contribution in [0, 0.1) is 0 Å². The summed E-state index contributed by atoms with van der Waals surface area (Å²) in [6.07, 6.45) is 4.61. The van der Waals surface area contributed by atoms with Gasteiger partial charge in [0.1, 0.15) is 0 Å². The molecule has 2 aromatic carbocycles. The Morgan fingerprint density at radius 1 is 1.07 bits per heavy atom.